The Hall–Kier alpha value is -2.02. The van der Waals surface area contributed by atoms with Crippen LogP contribution in [-0.4, -0.2) is 37.4 Å². The molecular weight excluding hydrogens is 276 g/mol. The Bertz CT molecular complexity index is 470. The molecule has 0 unspecified atom stereocenters. The first-order chi connectivity index (χ1) is 10.0. The lowest BCUT2D eigenvalue weighted by atomic mass is 10.2. The SMILES string of the molecule is COCCCCCNC(=O)NCc1cc(C(=O)O)c(C)o1. The minimum atomic E-state index is -1.04. The second-order valence-electron chi connectivity index (χ2n) is 4.65. The predicted molar refractivity (Wildman–Crippen MR) is 76.4 cm³/mol. The van der Waals surface area contributed by atoms with Gasteiger partial charge in [0.25, 0.3) is 0 Å². The van der Waals surface area contributed by atoms with Crippen molar-refractivity contribution in [3.63, 3.8) is 0 Å². The first-order valence-corrected chi connectivity index (χ1v) is 6.88. The lowest BCUT2D eigenvalue weighted by Gasteiger charge is -2.06. The Balaban J connectivity index is 2.21. The number of urea groups is 1. The quantitative estimate of drug-likeness (QED) is 0.604. The number of rotatable bonds is 9. The fourth-order valence-corrected chi connectivity index (χ4v) is 1.82. The van der Waals surface area contributed by atoms with Gasteiger partial charge < -0.3 is 24.9 Å². The molecule has 118 valence electrons. The molecule has 3 N–H and O–H groups in total. The van der Waals surface area contributed by atoms with E-state index in [0.717, 1.165) is 25.9 Å². The highest BCUT2D eigenvalue weighted by Crippen LogP contribution is 2.14. The highest BCUT2D eigenvalue weighted by atomic mass is 16.5. The molecule has 0 radical (unpaired) electrons. The fourth-order valence-electron chi connectivity index (χ4n) is 1.82. The van der Waals surface area contributed by atoms with Gasteiger partial charge in [-0.25, -0.2) is 9.59 Å². The highest BCUT2D eigenvalue weighted by molar-refractivity contribution is 5.88. The Morgan fingerprint density at radius 1 is 1.29 bits per heavy atom. The van der Waals surface area contributed by atoms with Crippen molar-refractivity contribution < 1.29 is 23.8 Å². The van der Waals surface area contributed by atoms with E-state index >= 15 is 0 Å². The summed E-state index contributed by atoms with van der Waals surface area (Å²) in [6, 6.07) is 1.12. The van der Waals surface area contributed by atoms with E-state index in [2.05, 4.69) is 10.6 Å². The van der Waals surface area contributed by atoms with Gasteiger partial charge in [-0.15, -0.1) is 0 Å². The lowest BCUT2D eigenvalue weighted by Crippen LogP contribution is -2.35. The minimum Gasteiger partial charge on any atom is -0.478 e. The average Bonchev–Trinajstić information content (AvgIpc) is 2.82. The minimum absolute atomic E-state index is 0.116. The van der Waals surface area contributed by atoms with Crippen LogP contribution in [0.2, 0.25) is 0 Å². The van der Waals surface area contributed by atoms with Gasteiger partial charge in [-0.3, -0.25) is 0 Å². The second kappa shape index (κ2) is 9.02. The Morgan fingerprint density at radius 3 is 2.67 bits per heavy atom. The van der Waals surface area contributed by atoms with E-state index in [9.17, 15) is 9.59 Å². The van der Waals surface area contributed by atoms with Gasteiger partial charge in [-0.05, 0) is 32.3 Å². The van der Waals surface area contributed by atoms with E-state index < -0.39 is 5.97 Å². The summed E-state index contributed by atoms with van der Waals surface area (Å²) in [6.07, 6.45) is 2.86. The van der Waals surface area contributed by atoms with Crippen LogP contribution < -0.4 is 10.6 Å². The number of carboxylic acids is 1. The third kappa shape index (κ3) is 6.31. The molecule has 0 bridgehead atoms. The van der Waals surface area contributed by atoms with Crippen molar-refractivity contribution >= 4 is 12.0 Å². The van der Waals surface area contributed by atoms with Gasteiger partial charge in [0.05, 0.1) is 6.54 Å². The summed E-state index contributed by atoms with van der Waals surface area (Å²) in [5, 5.41) is 14.2. The number of carbonyl (C=O) groups excluding carboxylic acids is 1. The van der Waals surface area contributed by atoms with E-state index in [1.54, 1.807) is 14.0 Å². The number of hydrogen-bond acceptors (Lipinski definition) is 4. The summed E-state index contributed by atoms with van der Waals surface area (Å²) in [5.41, 5.74) is 0.116. The van der Waals surface area contributed by atoms with Crippen LogP contribution in [-0.2, 0) is 11.3 Å². The molecule has 0 aliphatic heterocycles. The monoisotopic (exact) mass is 298 g/mol. The van der Waals surface area contributed by atoms with Crippen LogP contribution in [0, 0.1) is 6.92 Å². The zero-order valence-electron chi connectivity index (χ0n) is 12.4. The van der Waals surface area contributed by atoms with Crippen LogP contribution in [0.1, 0.15) is 41.1 Å². The molecule has 0 saturated heterocycles. The maximum Gasteiger partial charge on any atom is 0.339 e. The van der Waals surface area contributed by atoms with Crippen molar-refractivity contribution in [3.8, 4) is 0 Å². The predicted octanol–water partition coefficient (Wildman–Crippen LogP) is 1.90. The van der Waals surface area contributed by atoms with E-state index in [1.807, 2.05) is 0 Å². The molecule has 7 nitrogen and oxygen atoms in total. The number of amides is 2. The number of hydrogen-bond donors (Lipinski definition) is 3. The van der Waals surface area contributed by atoms with Crippen molar-refractivity contribution in [1.29, 1.82) is 0 Å². The number of carboxylic acid groups (broad SMARTS) is 1. The molecule has 1 aromatic heterocycles. The van der Waals surface area contributed by atoms with Crippen LogP contribution in [0.3, 0.4) is 0 Å². The summed E-state index contributed by atoms with van der Waals surface area (Å²) in [7, 11) is 1.66. The largest absolute Gasteiger partial charge is 0.478 e. The first kappa shape index (κ1) is 17.0. The van der Waals surface area contributed by atoms with Crippen LogP contribution in [0.15, 0.2) is 10.5 Å². The number of aryl methyl sites for hydroxylation is 1. The van der Waals surface area contributed by atoms with Gasteiger partial charge >= 0.3 is 12.0 Å². The maximum absolute atomic E-state index is 11.5. The molecule has 7 heteroatoms. The van der Waals surface area contributed by atoms with Crippen LogP contribution >= 0.6 is 0 Å². The van der Waals surface area contributed by atoms with Crippen molar-refractivity contribution in [2.24, 2.45) is 0 Å². The van der Waals surface area contributed by atoms with Crippen molar-refractivity contribution in [2.75, 3.05) is 20.3 Å². The van der Waals surface area contributed by atoms with Gasteiger partial charge in [0, 0.05) is 20.3 Å². The van der Waals surface area contributed by atoms with Crippen LogP contribution in [0.5, 0.6) is 0 Å². The third-order valence-corrected chi connectivity index (χ3v) is 2.93. The Kier molecular flexibility index (Phi) is 7.31. The van der Waals surface area contributed by atoms with E-state index in [1.165, 1.54) is 6.07 Å². The molecule has 1 heterocycles. The van der Waals surface area contributed by atoms with Crippen molar-refractivity contribution in [2.45, 2.75) is 32.7 Å². The van der Waals surface area contributed by atoms with Crippen molar-refractivity contribution in [3.05, 3.63) is 23.2 Å². The molecule has 2 amide bonds. The van der Waals surface area contributed by atoms with Crippen LogP contribution in [0.4, 0.5) is 4.79 Å². The molecule has 21 heavy (non-hydrogen) atoms. The maximum atomic E-state index is 11.5. The number of ether oxygens (including phenoxy) is 1. The smallest absolute Gasteiger partial charge is 0.339 e. The summed E-state index contributed by atoms with van der Waals surface area (Å²) < 4.78 is 10.2. The number of unbranched alkanes of at least 4 members (excludes halogenated alkanes) is 2. The molecular formula is C14H22N2O5. The standard InChI is InChI=1S/C14H22N2O5/c1-10-12(13(17)18)8-11(21-10)9-16-14(19)15-6-4-3-5-7-20-2/h8H,3-7,9H2,1-2H3,(H,17,18)(H2,15,16,19). The van der Waals surface area contributed by atoms with E-state index in [4.69, 9.17) is 14.3 Å². The van der Waals surface area contributed by atoms with Crippen molar-refractivity contribution in [1.82, 2.24) is 10.6 Å². The van der Waals surface area contributed by atoms with Gasteiger partial charge in [0.15, 0.2) is 0 Å². The second-order valence-corrected chi connectivity index (χ2v) is 4.65. The number of carbonyl (C=O) groups is 2. The van der Waals surface area contributed by atoms with Gasteiger partial charge in [0.1, 0.15) is 17.1 Å². The van der Waals surface area contributed by atoms with Gasteiger partial charge in [0.2, 0.25) is 0 Å². The zero-order valence-corrected chi connectivity index (χ0v) is 12.4. The molecule has 0 aliphatic carbocycles. The molecule has 0 spiro atoms. The Morgan fingerprint density at radius 2 is 2.05 bits per heavy atom. The first-order valence-electron chi connectivity index (χ1n) is 6.88. The molecule has 0 aromatic carbocycles. The summed E-state index contributed by atoms with van der Waals surface area (Å²) in [4.78, 5) is 22.4. The lowest BCUT2D eigenvalue weighted by molar-refractivity contribution is 0.0695. The molecule has 0 fully saturated rings. The summed E-state index contributed by atoms with van der Waals surface area (Å²) in [5.74, 6) is -0.291. The van der Waals surface area contributed by atoms with Gasteiger partial charge in [-0.2, -0.15) is 0 Å². The molecule has 1 rings (SSSR count). The van der Waals surface area contributed by atoms with E-state index in [-0.39, 0.29) is 18.1 Å². The third-order valence-electron chi connectivity index (χ3n) is 2.93. The van der Waals surface area contributed by atoms with Crippen LogP contribution in [0.25, 0.3) is 0 Å². The van der Waals surface area contributed by atoms with Gasteiger partial charge in [-0.1, -0.05) is 0 Å². The fraction of sp³-hybridized carbons (Fsp3) is 0.571. The number of aromatic carboxylic acids is 1. The average molecular weight is 298 g/mol. The zero-order chi connectivity index (χ0) is 15.7. The summed E-state index contributed by atoms with van der Waals surface area (Å²) >= 11 is 0. The Labute approximate surface area is 123 Å². The topological polar surface area (TPSA) is 101 Å². The normalized spacial score (nSPS) is 10.4. The number of methoxy groups -OCH3 is 1. The van der Waals surface area contributed by atoms with E-state index in [0.29, 0.717) is 18.1 Å². The molecule has 0 saturated carbocycles. The highest BCUT2D eigenvalue weighted by Gasteiger charge is 2.13. The molecule has 0 atom stereocenters. The molecule has 1 aromatic rings. The molecule has 0 aliphatic rings. The number of furan rings is 1. The summed E-state index contributed by atoms with van der Waals surface area (Å²) in [6.45, 7) is 3.06. The number of nitrogens with one attached hydrogen (secondary N) is 2.